The molecule has 2 atom stereocenters. The fraction of sp³-hybridized carbons (Fsp3) is 0.833. The summed E-state index contributed by atoms with van der Waals surface area (Å²) in [7, 11) is 0. The molecule has 1 aliphatic rings. The molecule has 1 aliphatic heterocycles. The number of carbonyl (C=O) groups excluding carboxylic acids is 1. The summed E-state index contributed by atoms with van der Waals surface area (Å²) in [6.07, 6.45) is 3.65. The molecule has 0 saturated carbocycles. The molecule has 0 spiro atoms. The predicted molar refractivity (Wildman–Crippen MR) is 64.8 cm³/mol. The molecule has 0 radical (unpaired) electrons. The molecule has 5 nitrogen and oxygen atoms in total. The molecular weight excluding hydrogens is 220 g/mol. The van der Waals surface area contributed by atoms with Crippen LogP contribution in [0.25, 0.3) is 0 Å². The van der Waals surface area contributed by atoms with Crippen molar-refractivity contribution in [2.75, 3.05) is 13.1 Å². The van der Waals surface area contributed by atoms with Crippen LogP contribution in [0.2, 0.25) is 0 Å². The van der Waals surface area contributed by atoms with Gasteiger partial charge >= 0.3 is 12.0 Å². The molecule has 5 heteroatoms. The Morgan fingerprint density at radius 2 is 2.18 bits per heavy atom. The minimum absolute atomic E-state index is 0.239. The third kappa shape index (κ3) is 3.91. The summed E-state index contributed by atoms with van der Waals surface area (Å²) >= 11 is 0. The SMILES string of the molecule is CCC1CCCN(C(=O)N[C@H](CC)C(=O)O)C1. The molecule has 1 heterocycles. The molecule has 0 aromatic heterocycles. The van der Waals surface area contributed by atoms with Crippen LogP contribution < -0.4 is 5.32 Å². The quantitative estimate of drug-likeness (QED) is 0.788. The van der Waals surface area contributed by atoms with Crippen LogP contribution in [0.1, 0.15) is 39.5 Å². The van der Waals surface area contributed by atoms with Crippen molar-refractivity contribution >= 4 is 12.0 Å². The molecule has 1 fully saturated rings. The van der Waals surface area contributed by atoms with E-state index in [1.165, 1.54) is 0 Å². The number of carbonyl (C=O) groups is 2. The van der Waals surface area contributed by atoms with E-state index in [4.69, 9.17) is 5.11 Å². The van der Waals surface area contributed by atoms with Gasteiger partial charge in [0.15, 0.2) is 0 Å². The van der Waals surface area contributed by atoms with Crippen molar-refractivity contribution in [2.24, 2.45) is 5.92 Å². The third-order valence-corrected chi connectivity index (χ3v) is 3.39. The van der Waals surface area contributed by atoms with Gasteiger partial charge in [0, 0.05) is 13.1 Å². The van der Waals surface area contributed by atoms with Gasteiger partial charge in [-0.15, -0.1) is 0 Å². The molecule has 1 rings (SSSR count). The minimum Gasteiger partial charge on any atom is -0.480 e. The van der Waals surface area contributed by atoms with Crippen molar-refractivity contribution in [3.63, 3.8) is 0 Å². The first kappa shape index (κ1) is 13.8. The molecule has 1 saturated heterocycles. The van der Waals surface area contributed by atoms with E-state index in [9.17, 15) is 9.59 Å². The maximum Gasteiger partial charge on any atom is 0.326 e. The van der Waals surface area contributed by atoms with Crippen molar-refractivity contribution in [2.45, 2.75) is 45.6 Å². The number of nitrogens with one attached hydrogen (secondary N) is 1. The number of urea groups is 1. The summed E-state index contributed by atoms with van der Waals surface area (Å²) in [6.45, 7) is 5.36. The van der Waals surface area contributed by atoms with Gasteiger partial charge in [-0.05, 0) is 25.2 Å². The van der Waals surface area contributed by atoms with Crippen LogP contribution in [0, 0.1) is 5.92 Å². The van der Waals surface area contributed by atoms with Crippen LogP contribution in [0.15, 0.2) is 0 Å². The fourth-order valence-electron chi connectivity index (χ4n) is 2.16. The van der Waals surface area contributed by atoms with Crippen LogP contribution in [-0.2, 0) is 4.79 Å². The van der Waals surface area contributed by atoms with Crippen molar-refractivity contribution in [1.29, 1.82) is 0 Å². The molecule has 2 N–H and O–H groups in total. The lowest BCUT2D eigenvalue weighted by atomic mass is 9.96. The van der Waals surface area contributed by atoms with Crippen LogP contribution >= 0.6 is 0 Å². The maximum atomic E-state index is 11.9. The number of carboxylic acids is 1. The van der Waals surface area contributed by atoms with Gasteiger partial charge in [-0.1, -0.05) is 20.3 Å². The first-order valence-electron chi connectivity index (χ1n) is 6.36. The zero-order valence-electron chi connectivity index (χ0n) is 10.6. The highest BCUT2D eigenvalue weighted by Gasteiger charge is 2.25. The maximum absolute atomic E-state index is 11.9. The van der Waals surface area contributed by atoms with Gasteiger partial charge in [0.1, 0.15) is 6.04 Å². The second kappa shape index (κ2) is 6.47. The molecule has 98 valence electrons. The minimum atomic E-state index is -0.968. The lowest BCUT2D eigenvalue weighted by Crippen LogP contribution is -2.50. The van der Waals surface area contributed by atoms with Gasteiger partial charge in [0.2, 0.25) is 0 Å². The van der Waals surface area contributed by atoms with E-state index < -0.39 is 12.0 Å². The number of amides is 2. The highest BCUT2D eigenvalue weighted by molar-refractivity contribution is 5.82. The number of hydrogen-bond acceptors (Lipinski definition) is 2. The van der Waals surface area contributed by atoms with Gasteiger partial charge in [-0.25, -0.2) is 9.59 Å². The van der Waals surface area contributed by atoms with E-state index >= 15 is 0 Å². The van der Waals surface area contributed by atoms with E-state index in [0.717, 1.165) is 32.4 Å². The van der Waals surface area contributed by atoms with Gasteiger partial charge < -0.3 is 15.3 Å². The molecule has 0 aromatic carbocycles. The van der Waals surface area contributed by atoms with Crippen molar-refractivity contribution in [3.05, 3.63) is 0 Å². The lowest BCUT2D eigenvalue weighted by Gasteiger charge is -2.33. The van der Waals surface area contributed by atoms with E-state index in [-0.39, 0.29) is 6.03 Å². The fourth-order valence-corrected chi connectivity index (χ4v) is 2.16. The molecule has 0 aromatic rings. The molecule has 1 unspecified atom stereocenters. The largest absolute Gasteiger partial charge is 0.480 e. The van der Waals surface area contributed by atoms with Crippen molar-refractivity contribution in [3.8, 4) is 0 Å². The van der Waals surface area contributed by atoms with Crippen LogP contribution in [0.3, 0.4) is 0 Å². The number of piperidine rings is 1. The Hall–Kier alpha value is -1.26. The molecular formula is C12H22N2O3. The average Bonchev–Trinajstić information content (AvgIpc) is 2.35. The van der Waals surface area contributed by atoms with Gasteiger partial charge in [-0.2, -0.15) is 0 Å². The number of carboxylic acid groups (broad SMARTS) is 1. The third-order valence-electron chi connectivity index (χ3n) is 3.39. The molecule has 0 bridgehead atoms. The van der Waals surface area contributed by atoms with Crippen LogP contribution in [0.5, 0.6) is 0 Å². The van der Waals surface area contributed by atoms with Gasteiger partial charge in [-0.3, -0.25) is 0 Å². The van der Waals surface area contributed by atoms with Crippen LogP contribution in [0.4, 0.5) is 4.79 Å². The van der Waals surface area contributed by atoms with E-state index in [1.54, 1.807) is 11.8 Å². The Kier molecular flexibility index (Phi) is 5.25. The number of rotatable bonds is 4. The lowest BCUT2D eigenvalue weighted by molar-refractivity contribution is -0.139. The normalized spacial score (nSPS) is 22.0. The second-order valence-corrected chi connectivity index (χ2v) is 4.61. The van der Waals surface area contributed by atoms with E-state index in [1.807, 2.05) is 0 Å². The van der Waals surface area contributed by atoms with Gasteiger partial charge in [0.25, 0.3) is 0 Å². The summed E-state index contributed by atoms with van der Waals surface area (Å²) in [6, 6.07) is -1.01. The standard InChI is InChI=1S/C12H22N2O3/c1-3-9-6-5-7-14(8-9)12(17)13-10(4-2)11(15)16/h9-10H,3-8H2,1-2H3,(H,13,17)(H,15,16)/t9?,10-/m1/s1. The molecule has 0 aliphatic carbocycles. The van der Waals surface area contributed by atoms with Crippen molar-refractivity contribution < 1.29 is 14.7 Å². The monoisotopic (exact) mass is 242 g/mol. The van der Waals surface area contributed by atoms with E-state index in [2.05, 4.69) is 12.2 Å². The Balaban J connectivity index is 2.48. The number of likely N-dealkylation sites (tertiary alicyclic amines) is 1. The van der Waals surface area contributed by atoms with Gasteiger partial charge in [0.05, 0.1) is 0 Å². The zero-order chi connectivity index (χ0) is 12.8. The average molecular weight is 242 g/mol. The van der Waals surface area contributed by atoms with Crippen LogP contribution in [-0.4, -0.2) is 41.1 Å². The number of aliphatic carboxylic acids is 1. The Morgan fingerprint density at radius 1 is 1.47 bits per heavy atom. The highest BCUT2D eigenvalue weighted by Crippen LogP contribution is 2.19. The smallest absolute Gasteiger partial charge is 0.326 e. The summed E-state index contributed by atoms with van der Waals surface area (Å²) in [4.78, 5) is 24.5. The van der Waals surface area contributed by atoms with E-state index in [0.29, 0.717) is 12.3 Å². The topological polar surface area (TPSA) is 69.6 Å². The Bertz CT molecular complexity index is 281. The summed E-state index contributed by atoms with van der Waals surface area (Å²) in [5.74, 6) is -0.413. The Labute approximate surface area is 102 Å². The first-order chi connectivity index (χ1) is 8.08. The second-order valence-electron chi connectivity index (χ2n) is 4.61. The Morgan fingerprint density at radius 3 is 2.71 bits per heavy atom. The summed E-state index contributed by atoms with van der Waals surface area (Å²) in [5.41, 5.74) is 0. The summed E-state index contributed by atoms with van der Waals surface area (Å²) < 4.78 is 0. The number of hydrogen-bond donors (Lipinski definition) is 2. The molecule has 2 amide bonds. The predicted octanol–water partition coefficient (Wildman–Crippen LogP) is 1.68. The first-order valence-corrected chi connectivity index (χ1v) is 6.36. The highest BCUT2D eigenvalue weighted by atomic mass is 16.4. The summed E-state index contributed by atoms with van der Waals surface area (Å²) in [5, 5.41) is 11.5. The molecule has 17 heavy (non-hydrogen) atoms. The number of nitrogens with zero attached hydrogens (tertiary/aromatic N) is 1. The zero-order valence-corrected chi connectivity index (χ0v) is 10.6. The van der Waals surface area contributed by atoms with Crippen molar-refractivity contribution in [1.82, 2.24) is 10.2 Å².